The van der Waals surface area contributed by atoms with E-state index >= 15 is 0 Å². The van der Waals surface area contributed by atoms with Gasteiger partial charge in [0.2, 0.25) is 5.91 Å². The topological polar surface area (TPSA) is 35.6 Å². The number of amides is 1. The van der Waals surface area contributed by atoms with Crippen molar-refractivity contribution in [3.05, 3.63) is 30.3 Å². The zero-order valence-corrected chi connectivity index (χ0v) is 15.6. The summed E-state index contributed by atoms with van der Waals surface area (Å²) in [5.41, 5.74) is 0.893. The third-order valence-electron chi connectivity index (χ3n) is 7.43. The highest BCUT2D eigenvalue weighted by atomic mass is 16.2. The van der Waals surface area contributed by atoms with Crippen molar-refractivity contribution in [1.29, 1.82) is 0 Å². The fourth-order valence-electron chi connectivity index (χ4n) is 6.64. The van der Waals surface area contributed by atoms with E-state index in [1.54, 1.807) is 0 Å². The predicted octanol–water partition coefficient (Wildman–Crippen LogP) is 3.07. The molecule has 4 aliphatic carbocycles. The van der Waals surface area contributed by atoms with Crippen molar-refractivity contribution < 1.29 is 4.79 Å². The van der Waals surface area contributed by atoms with Crippen molar-refractivity contribution in [2.45, 2.75) is 38.1 Å². The molecule has 0 atom stereocenters. The SMILES string of the molecule is O=C(CN1CCN(C2C3CC4CC(C3)CC2C4)CC1)Nc1ccccc1. The van der Waals surface area contributed by atoms with Gasteiger partial charge in [-0.1, -0.05) is 18.2 Å². The van der Waals surface area contributed by atoms with Gasteiger partial charge in [0, 0.05) is 37.9 Å². The summed E-state index contributed by atoms with van der Waals surface area (Å²) in [6, 6.07) is 10.6. The first kappa shape index (κ1) is 16.8. The molecule has 0 aromatic heterocycles. The van der Waals surface area contributed by atoms with E-state index < -0.39 is 0 Å². The number of anilines is 1. The molecular formula is C22H31N3O. The Balaban J connectivity index is 1.13. The largest absolute Gasteiger partial charge is 0.325 e. The Morgan fingerprint density at radius 3 is 2.12 bits per heavy atom. The van der Waals surface area contributed by atoms with Gasteiger partial charge in [0.15, 0.2) is 0 Å². The zero-order valence-electron chi connectivity index (χ0n) is 15.6. The van der Waals surface area contributed by atoms with Crippen LogP contribution in [0.1, 0.15) is 32.1 Å². The number of rotatable bonds is 4. The number of hydrogen-bond donors (Lipinski definition) is 1. The van der Waals surface area contributed by atoms with Crippen molar-refractivity contribution in [3.8, 4) is 0 Å². The van der Waals surface area contributed by atoms with Crippen LogP contribution in [0.15, 0.2) is 30.3 Å². The van der Waals surface area contributed by atoms with E-state index in [0.717, 1.165) is 61.6 Å². The molecule has 4 heteroatoms. The number of carbonyl (C=O) groups is 1. The van der Waals surface area contributed by atoms with Gasteiger partial charge in [-0.05, 0) is 67.9 Å². The maximum absolute atomic E-state index is 12.3. The second kappa shape index (κ2) is 6.97. The summed E-state index contributed by atoms with van der Waals surface area (Å²) in [6.07, 6.45) is 7.52. The first-order valence-corrected chi connectivity index (χ1v) is 10.6. The molecular weight excluding hydrogens is 322 g/mol. The molecule has 4 bridgehead atoms. The molecule has 1 N–H and O–H groups in total. The number of benzene rings is 1. The lowest BCUT2D eigenvalue weighted by Crippen LogP contribution is -2.60. The Morgan fingerprint density at radius 2 is 1.50 bits per heavy atom. The molecule has 5 fully saturated rings. The molecule has 0 unspecified atom stereocenters. The van der Waals surface area contributed by atoms with Gasteiger partial charge in [-0.3, -0.25) is 14.6 Å². The lowest BCUT2D eigenvalue weighted by Gasteiger charge is -2.58. The van der Waals surface area contributed by atoms with Gasteiger partial charge in [-0.2, -0.15) is 0 Å². The summed E-state index contributed by atoms with van der Waals surface area (Å²) in [5, 5.41) is 3.01. The Labute approximate surface area is 156 Å². The standard InChI is InChI=1S/C22H31N3O/c26-21(23-20-4-2-1-3-5-20)15-24-6-8-25(9-7-24)22-18-11-16-10-17(13-18)14-19(22)12-16/h1-5,16-19,22H,6-15H2,(H,23,26). The molecule has 6 rings (SSSR count). The van der Waals surface area contributed by atoms with Crippen LogP contribution < -0.4 is 5.32 Å². The van der Waals surface area contributed by atoms with E-state index in [1.807, 2.05) is 30.3 Å². The average Bonchev–Trinajstić information content (AvgIpc) is 2.63. The summed E-state index contributed by atoms with van der Waals surface area (Å²) in [7, 11) is 0. The third-order valence-corrected chi connectivity index (χ3v) is 7.43. The molecule has 26 heavy (non-hydrogen) atoms. The van der Waals surface area contributed by atoms with Crippen LogP contribution in [0.2, 0.25) is 0 Å². The Morgan fingerprint density at radius 1 is 0.885 bits per heavy atom. The molecule has 5 aliphatic rings. The molecule has 1 aromatic carbocycles. The Kier molecular flexibility index (Phi) is 4.49. The average molecular weight is 354 g/mol. The van der Waals surface area contributed by atoms with Gasteiger partial charge in [-0.15, -0.1) is 0 Å². The van der Waals surface area contributed by atoms with E-state index in [4.69, 9.17) is 0 Å². The summed E-state index contributed by atoms with van der Waals surface area (Å²) >= 11 is 0. The van der Waals surface area contributed by atoms with E-state index in [2.05, 4.69) is 15.1 Å². The quantitative estimate of drug-likeness (QED) is 0.904. The first-order valence-electron chi connectivity index (χ1n) is 10.6. The van der Waals surface area contributed by atoms with E-state index in [9.17, 15) is 4.79 Å². The molecule has 1 aliphatic heterocycles. The van der Waals surface area contributed by atoms with Crippen molar-refractivity contribution >= 4 is 11.6 Å². The van der Waals surface area contributed by atoms with Crippen LogP contribution in [0.5, 0.6) is 0 Å². The van der Waals surface area contributed by atoms with Crippen molar-refractivity contribution in [1.82, 2.24) is 9.80 Å². The number of nitrogens with zero attached hydrogens (tertiary/aromatic N) is 2. The maximum Gasteiger partial charge on any atom is 0.238 e. The molecule has 1 aromatic rings. The van der Waals surface area contributed by atoms with Crippen LogP contribution in [0, 0.1) is 23.7 Å². The summed E-state index contributed by atoms with van der Waals surface area (Å²) in [6.45, 7) is 4.87. The molecule has 4 saturated carbocycles. The number of piperazine rings is 1. The number of carbonyl (C=O) groups excluding carboxylic acids is 1. The van der Waals surface area contributed by atoms with Gasteiger partial charge in [0.25, 0.3) is 0 Å². The molecule has 1 heterocycles. The highest BCUT2D eigenvalue weighted by molar-refractivity contribution is 5.92. The summed E-state index contributed by atoms with van der Waals surface area (Å²) in [5.74, 6) is 4.16. The molecule has 0 radical (unpaired) electrons. The highest BCUT2D eigenvalue weighted by Crippen LogP contribution is 2.55. The van der Waals surface area contributed by atoms with Crippen molar-refractivity contribution in [3.63, 3.8) is 0 Å². The van der Waals surface area contributed by atoms with Gasteiger partial charge in [-0.25, -0.2) is 0 Å². The smallest absolute Gasteiger partial charge is 0.238 e. The second-order valence-electron chi connectivity index (χ2n) is 9.15. The highest BCUT2D eigenvalue weighted by Gasteiger charge is 2.50. The fourth-order valence-corrected chi connectivity index (χ4v) is 6.64. The van der Waals surface area contributed by atoms with E-state index in [0.29, 0.717) is 6.54 Å². The molecule has 0 spiro atoms. The maximum atomic E-state index is 12.3. The van der Waals surface area contributed by atoms with Crippen LogP contribution in [0.25, 0.3) is 0 Å². The van der Waals surface area contributed by atoms with Crippen molar-refractivity contribution in [2.75, 3.05) is 38.0 Å². The van der Waals surface area contributed by atoms with E-state index in [-0.39, 0.29) is 5.91 Å². The minimum atomic E-state index is 0.110. The predicted molar refractivity (Wildman–Crippen MR) is 104 cm³/mol. The van der Waals surface area contributed by atoms with Crippen LogP contribution in [0.3, 0.4) is 0 Å². The monoisotopic (exact) mass is 353 g/mol. The zero-order chi connectivity index (χ0) is 17.5. The van der Waals surface area contributed by atoms with Crippen LogP contribution in [-0.4, -0.2) is 54.5 Å². The summed E-state index contributed by atoms with van der Waals surface area (Å²) in [4.78, 5) is 17.4. The number of para-hydroxylation sites is 1. The number of hydrogen-bond acceptors (Lipinski definition) is 3. The molecule has 1 amide bonds. The van der Waals surface area contributed by atoms with Gasteiger partial charge >= 0.3 is 0 Å². The molecule has 1 saturated heterocycles. The van der Waals surface area contributed by atoms with E-state index in [1.165, 1.54) is 32.1 Å². The van der Waals surface area contributed by atoms with Crippen LogP contribution in [-0.2, 0) is 4.79 Å². The normalized spacial score (nSPS) is 37.0. The summed E-state index contributed by atoms with van der Waals surface area (Å²) < 4.78 is 0. The second-order valence-corrected chi connectivity index (χ2v) is 9.15. The van der Waals surface area contributed by atoms with Gasteiger partial charge in [0.05, 0.1) is 6.54 Å². The minimum absolute atomic E-state index is 0.110. The number of nitrogens with one attached hydrogen (secondary N) is 1. The minimum Gasteiger partial charge on any atom is -0.325 e. The van der Waals surface area contributed by atoms with Gasteiger partial charge in [0.1, 0.15) is 0 Å². The molecule has 140 valence electrons. The third kappa shape index (κ3) is 3.29. The fraction of sp³-hybridized carbons (Fsp3) is 0.682. The first-order chi connectivity index (χ1) is 12.7. The lowest BCUT2D eigenvalue weighted by atomic mass is 9.54. The van der Waals surface area contributed by atoms with Gasteiger partial charge < -0.3 is 5.32 Å². The van der Waals surface area contributed by atoms with Crippen molar-refractivity contribution in [2.24, 2.45) is 23.7 Å². The lowest BCUT2D eigenvalue weighted by molar-refractivity contribution is -0.118. The Hall–Kier alpha value is -1.39. The molecule has 4 nitrogen and oxygen atoms in total. The Bertz CT molecular complexity index is 610. The van der Waals surface area contributed by atoms with Crippen LogP contribution in [0.4, 0.5) is 5.69 Å². The van der Waals surface area contributed by atoms with Crippen LogP contribution >= 0.6 is 0 Å².